The van der Waals surface area contributed by atoms with Crippen molar-refractivity contribution in [3.63, 3.8) is 0 Å². The molecule has 0 saturated heterocycles. The summed E-state index contributed by atoms with van der Waals surface area (Å²) in [4.78, 5) is 8.39. The van der Waals surface area contributed by atoms with E-state index in [0.29, 0.717) is 0 Å². The van der Waals surface area contributed by atoms with Crippen LogP contribution in [0.4, 0.5) is 0 Å². The highest BCUT2D eigenvalue weighted by molar-refractivity contribution is 5.80. The SMILES string of the molecule is CCc1ccc2c(C)ncnc2c1. The summed E-state index contributed by atoms with van der Waals surface area (Å²) < 4.78 is 0. The minimum atomic E-state index is 1.05. The van der Waals surface area contributed by atoms with E-state index >= 15 is 0 Å². The fourth-order valence-electron chi connectivity index (χ4n) is 1.46. The van der Waals surface area contributed by atoms with Gasteiger partial charge in [-0.15, -0.1) is 0 Å². The van der Waals surface area contributed by atoms with Crippen molar-refractivity contribution in [2.75, 3.05) is 0 Å². The maximum atomic E-state index is 4.24. The van der Waals surface area contributed by atoms with E-state index in [1.165, 1.54) is 5.56 Å². The van der Waals surface area contributed by atoms with Crippen molar-refractivity contribution in [3.05, 3.63) is 35.8 Å². The zero-order chi connectivity index (χ0) is 9.26. The van der Waals surface area contributed by atoms with Gasteiger partial charge >= 0.3 is 0 Å². The maximum absolute atomic E-state index is 4.24. The van der Waals surface area contributed by atoms with Gasteiger partial charge in [0.05, 0.1) is 5.52 Å². The van der Waals surface area contributed by atoms with Gasteiger partial charge in [-0.1, -0.05) is 19.1 Å². The van der Waals surface area contributed by atoms with Crippen LogP contribution in [0.2, 0.25) is 0 Å². The van der Waals surface area contributed by atoms with Crippen LogP contribution >= 0.6 is 0 Å². The van der Waals surface area contributed by atoms with Crippen molar-refractivity contribution < 1.29 is 0 Å². The third-order valence-corrected chi connectivity index (χ3v) is 2.31. The van der Waals surface area contributed by atoms with E-state index in [0.717, 1.165) is 23.0 Å². The maximum Gasteiger partial charge on any atom is 0.116 e. The molecule has 2 heteroatoms. The van der Waals surface area contributed by atoms with E-state index in [1.807, 2.05) is 6.92 Å². The standard InChI is InChI=1S/C11H12N2/c1-3-9-4-5-10-8(2)12-7-13-11(10)6-9/h4-7H,3H2,1-2H3. The summed E-state index contributed by atoms with van der Waals surface area (Å²) in [6.45, 7) is 4.16. The number of aryl methyl sites for hydroxylation is 2. The molecular formula is C11H12N2. The molecule has 66 valence electrons. The Morgan fingerprint density at radius 3 is 2.85 bits per heavy atom. The van der Waals surface area contributed by atoms with E-state index < -0.39 is 0 Å². The molecule has 0 aliphatic carbocycles. The lowest BCUT2D eigenvalue weighted by Gasteiger charge is -2.01. The third kappa shape index (κ3) is 1.39. The second-order valence-corrected chi connectivity index (χ2v) is 3.16. The average molecular weight is 172 g/mol. The summed E-state index contributed by atoms with van der Waals surface area (Å²) in [5.41, 5.74) is 3.42. The van der Waals surface area contributed by atoms with E-state index in [-0.39, 0.29) is 0 Å². The van der Waals surface area contributed by atoms with Crippen molar-refractivity contribution in [1.82, 2.24) is 9.97 Å². The van der Waals surface area contributed by atoms with Gasteiger partial charge in [0.15, 0.2) is 0 Å². The molecule has 0 aliphatic heterocycles. The number of hydrogen-bond acceptors (Lipinski definition) is 2. The Balaban J connectivity index is 2.72. The molecular weight excluding hydrogens is 160 g/mol. The molecule has 0 radical (unpaired) electrons. The largest absolute Gasteiger partial charge is 0.241 e. The van der Waals surface area contributed by atoms with Crippen LogP contribution in [0.15, 0.2) is 24.5 Å². The number of fused-ring (bicyclic) bond motifs is 1. The molecule has 1 aromatic carbocycles. The monoisotopic (exact) mass is 172 g/mol. The fraction of sp³-hybridized carbons (Fsp3) is 0.273. The predicted octanol–water partition coefficient (Wildman–Crippen LogP) is 2.50. The first kappa shape index (κ1) is 8.17. The van der Waals surface area contributed by atoms with Gasteiger partial charge in [0.2, 0.25) is 0 Å². The van der Waals surface area contributed by atoms with Gasteiger partial charge in [-0.3, -0.25) is 0 Å². The lowest BCUT2D eigenvalue weighted by molar-refractivity contribution is 1.12. The summed E-state index contributed by atoms with van der Waals surface area (Å²) >= 11 is 0. The number of rotatable bonds is 1. The minimum Gasteiger partial charge on any atom is -0.241 e. The second-order valence-electron chi connectivity index (χ2n) is 3.16. The quantitative estimate of drug-likeness (QED) is 0.660. The molecule has 0 saturated carbocycles. The smallest absolute Gasteiger partial charge is 0.116 e. The van der Waals surface area contributed by atoms with Gasteiger partial charge in [-0.25, -0.2) is 9.97 Å². The Morgan fingerprint density at radius 2 is 2.08 bits per heavy atom. The Bertz CT molecular complexity index is 435. The molecule has 13 heavy (non-hydrogen) atoms. The first-order valence-corrected chi connectivity index (χ1v) is 4.51. The number of nitrogens with zero attached hydrogens (tertiary/aromatic N) is 2. The highest BCUT2D eigenvalue weighted by atomic mass is 14.8. The minimum absolute atomic E-state index is 1.05. The van der Waals surface area contributed by atoms with Gasteiger partial charge in [-0.2, -0.15) is 0 Å². The number of benzene rings is 1. The summed E-state index contributed by atoms with van der Waals surface area (Å²) in [5.74, 6) is 0. The van der Waals surface area contributed by atoms with Crippen molar-refractivity contribution in [1.29, 1.82) is 0 Å². The molecule has 0 spiro atoms. The lowest BCUT2D eigenvalue weighted by atomic mass is 10.1. The summed E-state index contributed by atoms with van der Waals surface area (Å²) in [6.07, 6.45) is 2.68. The van der Waals surface area contributed by atoms with E-state index in [1.54, 1.807) is 6.33 Å². The molecule has 2 aromatic rings. The first-order chi connectivity index (χ1) is 6.31. The Labute approximate surface area is 77.6 Å². The van der Waals surface area contributed by atoms with Gasteiger partial charge in [0, 0.05) is 11.1 Å². The van der Waals surface area contributed by atoms with E-state index in [4.69, 9.17) is 0 Å². The first-order valence-electron chi connectivity index (χ1n) is 4.51. The molecule has 0 aliphatic rings. The Kier molecular flexibility index (Phi) is 1.97. The molecule has 0 N–H and O–H groups in total. The van der Waals surface area contributed by atoms with E-state index in [9.17, 15) is 0 Å². The van der Waals surface area contributed by atoms with Crippen LogP contribution in [0.1, 0.15) is 18.2 Å². The lowest BCUT2D eigenvalue weighted by Crippen LogP contribution is -1.88. The summed E-state index contributed by atoms with van der Waals surface area (Å²) in [6, 6.07) is 6.37. The van der Waals surface area contributed by atoms with Crippen LogP contribution in [0.5, 0.6) is 0 Å². The number of aromatic nitrogens is 2. The van der Waals surface area contributed by atoms with Crippen LogP contribution in [0.3, 0.4) is 0 Å². The summed E-state index contributed by atoms with van der Waals surface area (Å²) in [7, 11) is 0. The van der Waals surface area contributed by atoms with Crippen LogP contribution < -0.4 is 0 Å². The third-order valence-electron chi connectivity index (χ3n) is 2.31. The average Bonchev–Trinajstić information content (AvgIpc) is 2.18. The number of hydrogen-bond donors (Lipinski definition) is 0. The molecule has 0 amide bonds. The molecule has 1 aromatic heterocycles. The zero-order valence-electron chi connectivity index (χ0n) is 7.91. The molecule has 0 fully saturated rings. The molecule has 1 heterocycles. The van der Waals surface area contributed by atoms with Gasteiger partial charge < -0.3 is 0 Å². The van der Waals surface area contributed by atoms with Gasteiger partial charge in [0.25, 0.3) is 0 Å². The van der Waals surface area contributed by atoms with Crippen LogP contribution in [-0.2, 0) is 6.42 Å². The molecule has 0 atom stereocenters. The summed E-state index contributed by atoms with van der Waals surface area (Å²) in [5, 5.41) is 1.15. The molecule has 0 unspecified atom stereocenters. The van der Waals surface area contributed by atoms with Gasteiger partial charge in [0.1, 0.15) is 6.33 Å². The normalized spacial score (nSPS) is 10.6. The van der Waals surface area contributed by atoms with Crippen LogP contribution in [-0.4, -0.2) is 9.97 Å². The van der Waals surface area contributed by atoms with Crippen LogP contribution in [0.25, 0.3) is 10.9 Å². The van der Waals surface area contributed by atoms with Crippen molar-refractivity contribution >= 4 is 10.9 Å². The highest BCUT2D eigenvalue weighted by Gasteiger charge is 1.98. The fourth-order valence-corrected chi connectivity index (χ4v) is 1.46. The molecule has 2 rings (SSSR count). The molecule has 0 bridgehead atoms. The van der Waals surface area contributed by atoms with Crippen LogP contribution in [0, 0.1) is 6.92 Å². The predicted molar refractivity (Wildman–Crippen MR) is 53.7 cm³/mol. The van der Waals surface area contributed by atoms with Crippen molar-refractivity contribution in [2.45, 2.75) is 20.3 Å². The van der Waals surface area contributed by atoms with Crippen molar-refractivity contribution in [2.24, 2.45) is 0 Å². The topological polar surface area (TPSA) is 25.8 Å². The van der Waals surface area contributed by atoms with E-state index in [2.05, 4.69) is 35.1 Å². The van der Waals surface area contributed by atoms with Gasteiger partial charge in [-0.05, 0) is 25.0 Å². The Morgan fingerprint density at radius 1 is 1.23 bits per heavy atom. The van der Waals surface area contributed by atoms with Crippen molar-refractivity contribution in [3.8, 4) is 0 Å². The Hall–Kier alpha value is -1.44. The zero-order valence-corrected chi connectivity index (χ0v) is 7.91. The molecule has 2 nitrogen and oxygen atoms in total. The highest BCUT2D eigenvalue weighted by Crippen LogP contribution is 2.15. The second kappa shape index (κ2) is 3.13.